The van der Waals surface area contributed by atoms with E-state index in [1.54, 1.807) is 37.3 Å². The molecule has 0 aliphatic heterocycles. The minimum Gasteiger partial charge on any atom is -0.457 e. The molecule has 1 aromatic heterocycles. The Hall–Kier alpha value is -4.18. The Bertz CT molecular complexity index is 1170. The van der Waals surface area contributed by atoms with Crippen LogP contribution in [0.4, 0.5) is 11.4 Å². The van der Waals surface area contributed by atoms with Crippen LogP contribution >= 0.6 is 0 Å². The summed E-state index contributed by atoms with van der Waals surface area (Å²) in [7, 11) is 0. The van der Waals surface area contributed by atoms with E-state index in [0.717, 1.165) is 12.0 Å². The quantitative estimate of drug-likeness (QED) is 0.262. The predicted octanol–water partition coefficient (Wildman–Crippen LogP) is 5.27. The van der Waals surface area contributed by atoms with Crippen molar-refractivity contribution in [1.29, 1.82) is 5.26 Å². The Morgan fingerprint density at radius 1 is 1.20 bits per heavy atom. The molecule has 0 aliphatic rings. The molecule has 150 valence electrons. The zero-order valence-corrected chi connectivity index (χ0v) is 16.5. The Labute approximate surface area is 173 Å². The first-order valence-electron chi connectivity index (χ1n) is 9.28. The van der Waals surface area contributed by atoms with Crippen LogP contribution in [0, 0.1) is 28.4 Å². The van der Waals surface area contributed by atoms with Crippen molar-refractivity contribution in [2.45, 2.75) is 20.3 Å². The lowest BCUT2D eigenvalue weighted by Crippen LogP contribution is -2.13. The molecule has 0 atom stereocenters. The number of anilines is 1. The van der Waals surface area contributed by atoms with E-state index in [1.807, 2.05) is 25.1 Å². The van der Waals surface area contributed by atoms with Gasteiger partial charge in [-0.3, -0.25) is 14.9 Å². The van der Waals surface area contributed by atoms with Crippen LogP contribution in [0.5, 0.6) is 0 Å². The average molecular weight is 401 g/mol. The molecule has 3 aromatic rings. The number of nitriles is 1. The van der Waals surface area contributed by atoms with Gasteiger partial charge in [-0.2, -0.15) is 5.26 Å². The lowest BCUT2D eigenvalue weighted by Gasteiger charge is -2.05. The van der Waals surface area contributed by atoms with Crippen molar-refractivity contribution in [3.8, 4) is 17.4 Å². The predicted molar refractivity (Wildman–Crippen MR) is 114 cm³/mol. The number of carbonyl (C=O) groups excluding carboxylic acids is 1. The SMILES string of the molecule is CCc1ccc(NC(=O)/C(C#N)=C/c2ccc(-c3ccc([N+](=O)[O-])cc3C)o2)cc1. The highest BCUT2D eigenvalue weighted by atomic mass is 16.6. The van der Waals surface area contributed by atoms with Crippen LogP contribution in [-0.2, 0) is 11.2 Å². The van der Waals surface area contributed by atoms with Crippen LogP contribution in [-0.4, -0.2) is 10.8 Å². The van der Waals surface area contributed by atoms with Crippen LogP contribution in [0.15, 0.2) is 64.6 Å². The first-order chi connectivity index (χ1) is 14.4. The topological polar surface area (TPSA) is 109 Å². The fourth-order valence-corrected chi connectivity index (χ4v) is 2.93. The van der Waals surface area contributed by atoms with E-state index in [-0.39, 0.29) is 11.3 Å². The maximum absolute atomic E-state index is 12.4. The molecule has 0 spiro atoms. The van der Waals surface area contributed by atoms with Crippen molar-refractivity contribution in [1.82, 2.24) is 0 Å². The number of non-ortho nitro benzene ring substituents is 1. The van der Waals surface area contributed by atoms with Crippen molar-refractivity contribution in [2.75, 3.05) is 5.32 Å². The third-order valence-corrected chi connectivity index (χ3v) is 4.58. The Morgan fingerprint density at radius 2 is 1.93 bits per heavy atom. The molecular formula is C23H19N3O4. The number of benzene rings is 2. The molecule has 1 amide bonds. The lowest BCUT2D eigenvalue weighted by molar-refractivity contribution is -0.384. The van der Waals surface area contributed by atoms with E-state index in [0.29, 0.717) is 28.3 Å². The third-order valence-electron chi connectivity index (χ3n) is 4.58. The van der Waals surface area contributed by atoms with E-state index < -0.39 is 10.8 Å². The molecule has 0 bridgehead atoms. The van der Waals surface area contributed by atoms with Gasteiger partial charge >= 0.3 is 0 Å². The van der Waals surface area contributed by atoms with Gasteiger partial charge in [0, 0.05) is 29.5 Å². The first kappa shape index (κ1) is 20.6. The standard InChI is InChI=1S/C23H19N3O4/c1-3-16-4-6-18(7-5-16)25-23(27)17(14-24)13-20-9-11-22(30-20)21-10-8-19(26(28)29)12-15(21)2/h4-13H,3H2,1-2H3,(H,25,27)/b17-13+. The molecule has 0 radical (unpaired) electrons. The zero-order chi connectivity index (χ0) is 21.7. The molecule has 0 saturated heterocycles. The second-order valence-corrected chi connectivity index (χ2v) is 6.63. The number of amides is 1. The molecule has 7 nitrogen and oxygen atoms in total. The maximum Gasteiger partial charge on any atom is 0.269 e. The summed E-state index contributed by atoms with van der Waals surface area (Å²) < 4.78 is 5.74. The summed E-state index contributed by atoms with van der Waals surface area (Å²) in [5.74, 6) is 0.281. The Kier molecular flexibility index (Phi) is 6.08. The minimum atomic E-state index is -0.536. The van der Waals surface area contributed by atoms with Gasteiger partial charge < -0.3 is 9.73 Å². The van der Waals surface area contributed by atoms with Crippen molar-refractivity contribution in [3.63, 3.8) is 0 Å². The average Bonchev–Trinajstić information content (AvgIpc) is 3.20. The Balaban J connectivity index is 1.80. The number of hydrogen-bond donors (Lipinski definition) is 1. The summed E-state index contributed by atoms with van der Waals surface area (Å²) in [6, 6.07) is 17.1. The smallest absolute Gasteiger partial charge is 0.269 e. The van der Waals surface area contributed by atoms with Crippen molar-refractivity contribution in [2.24, 2.45) is 0 Å². The van der Waals surface area contributed by atoms with E-state index in [2.05, 4.69) is 5.32 Å². The van der Waals surface area contributed by atoms with Gasteiger partial charge in [0.2, 0.25) is 0 Å². The van der Waals surface area contributed by atoms with Gasteiger partial charge in [-0.1, -0.05) is 19.1 Å². The summed E-state index contributed by atoms with van der Waals surface area (Å²) in [5.41, 5.74) is 3.02. The van der Waals surface area contributed by atoms with Gasteiger partial charge in [0.15, 0.2) is 0 Å². The lowest BCUT2D eigenvalue weighted by atomic mass is 10.1. The van der Waals surface area contributed by atoms with Gasteiger partial charge in [-0.15, -0.1) is 0 Å². The molecule has 0 saturated carbocycles. The number of nitrogens with one attached hydrogen (secondary N) is 1. The number of aryl methyl sites for hydroxylation is 2. The van der Waals surface area contributed by atoms with Crippen molar-refractivity contribution >= 4 is 23.4 Å². The van der Waals surface area contributed by atoms with Crippen LogP contribution in [0.1, 0.15) is 23.8 Å². The third kappa shape index (κ3) is 4.62. The van der Waals surface area contributed by atoms with Gasteiger partial charge in [0.1, 0.15) is 23.2 Å². The molecular weight excluding hydrogens is 382 g/mol. The molecule has 1 N–H and O–H groups in total. The minimum absolute atomic E-state index is 0.00154. The van der Waals surface area contributed by atoms with E-state index in [1.165, 1.54) is 18.2 Å². The molecule has 0 unspecified atom stereocenters. The number of nitro benzene ring substituents is 1. The van der Waals surface area contributed by atoms with Gasteiger partial charge in [-0.25, -0.2) is 0 Å². The zero-order valence-electron chi connectivity index (χ0n) is 16.5. The second-order valence-electron chi connectivity index (χ2n) is 6.63. The fraction of sp³-hybridized carbons (Fsp3) is 0.130. The number of rotatable bonds is 6. The first-order valence-corrected chi connectivity index (χ1v) is 9.28. The van der Waals surface area contributed by atoms with Gasteiger partial charge in [-0.05, 0) is 54.8 Å². The highest BCUT2D eigenvalue weighted by Crippen LogP contribution is 2.29. The molecule has 30 heavy (non-hydrogen) atoms. The second kappa shape index (κ2) is 8.88. The molecule has 1 heterocycles. The number of furan rings is 1. The molecule has 3 rings (SSSR count). The number of nitro groups is 1. The summed E-state index contributed by atoms with van der Waals surface area (Å²) in [4.78, 5) is 22.9. The molecule has 7 heteroatoms. The van der Waals surface area contributed by atoms with Crippen LogP contribution in [0.3, 0.4) is 0 Å². The van der Waals surface area contributed by atoms with E-state index in [9.17, 15) is 20.2 Å². The van der Waals surface area contributed by atoms with Crippen LogP contribution in [0.25, 0.3) is 17.4 Å². The van der Waals surface area contributed by atoms with Crippen molar-refractivity contribution < 1.29 is 14.1 Å². The molecule has 0 fully saturated rings. The van der Waals surface area contributed by atoms with E-state index >= 15 is 0 Å². The largest absolute Gasteiger partial charge is 0.457 e. The summed E-state index contributed by atoms with van der Waals surface area (Å²) in [6.45, 7) is 3.79. The Morgan fingerprint density at radius 3 is 2.53 bits per heavy atom. The maximum atomic E-state index is 12.4. The normalized spacial score (nSPS) is 11.0. The highest BCUT2D eigenvalue weighted by molar-refractivity contribution is 6.09. The summed E-state index contributed by atoms with van der Waals surface area (Å²) in [6.07, 6.45) is 2.26. The van der Waals surface area contributed by atoms with Crippen molar-refractivity contribution in [3.05, 3.63) is 87.2 Å². The summed E-state index contributed by atoms with van der Waals surface area (Å²) >= 11 is 0. The molecule has 2 aromatic carbocycles. The van der Waals surface area contributed by atoms with Gasteiger partial charge in [0.05, 0.1) is 4.92 Å². The number of nitrogens with zero attached hydrogens (tertiary/aromatic N) is 2. The van der Waals surface area contributed by atoms with Crippen LogP contribution < -0.4 is 5.32 Å². The van der Waals surface area contributed by atoms with Gasteiger partial charge in [0.25, 0.3) is 11.6 Å². The highest BCUT2D eigenvalue weighted by Gasteiger charge is 2.14. The molecule has 0 aliphatic carbocycles. The fourth-order valence-electron chi connectivity index (χ4n) is 2.93. The summed E-state index contributed by atoms with van der Waals surface area (Å²) in [5, 5.41) is 23.0. The number of hydrogen-bond acceptors (Lipinski definition) is 5. The monoisotopic (exact) mass is 401 g/mol. The van der Waals surface area contributed by atoms with E-state index in [4.69, 9.17) is 4.42 Å². The van der Waals surface area contributed by atoms with Crippen LogP contribution in [0.2, 0.25) is 0 Å². The number of carbonyl (C=O) groups is 1.